The van der Waals surface area contributed by atoms with Crippen LogP contribution in [0.4, 0.5) is 0 Å². The SMILES string of the molecule is CCCN=C(NCC)NCCN(C)CC.I. The Labute approximate surface area is 117 Å². The summed E-state index contributed by atoms with van der Waals surface area (Å²) < 4.78 is 0. The second kappa shape index (κ2) is 13.0. The van der Waals surface area contributed by atoms with E-state index in [0.29, 0.717) is 0 Å². The zero-order valence-corrected chi connectivity index (χ0v) is 13.4. The Morgan fingerprint density at radius 3 is 2.38 bits per heavy atom. The fourth-order valence-corrected chi connectivity index (χ4v) is 1.09. The number of halogens is 1. The number of nitrogens with zero attached hydrogens (tertiary/aromatic N) is 2. The molecule has 16 heavy (non-hydrogen) atoms. The van der Waals surface area contributed by atoms with Crippen LogP contribution in [0.3, 0.4) is 0 Å². The first-order chi connectivity index (χ1) is 7.24. The lowest BCUT2D eigenvalue weighted by molar-refractivity contribution is 0.357. The first-order valence-corrected chi connectivity index (χ1v) is 5.95. The second-order valence-electron chi connectivity index (χ2n) is 3.58. The first-order valence-electron chi connectivity index (χ1n) is 5.95. The van der Waals surface area contributed by atoms with Crippen LogP contribution in [-0.2, 0) is 0 Å². The predicted molar refractivity (Wildman–Crippen MR) is 82.9 cm³/mol. The summed E-state index contributed by atoms with van der Waals surface area (Å²) in [6, 6.07) is 0. The van der Waals surface area contributed by atoms with Crippen LogP contribution in [0.25, 0.3) is 0 Å². The molecule has 0 bridgehead atoms. The molecule has 0 aliphatic heterocycles. The van der Waals surface area contributed by atoms with Crippen LogP contribution in [0.5, 0.6) is 0 Å². The van der Waals surface area contributed by atoms with E-state index < -0.39 is 0 Å². The van der Waals surface area contributed by atoms with Crippen molar-refractivity contribution in [2.24, 2.45) is 4.99 Å². The molecule has 0 heterocycles. The predicted octanol–water partition coefficient (Wildman–Crippen LogP) is 1.52. The lowest BCUT2D eigenvalue weighted by Crippen LogP contribution is -2.41. The van der Waals surface area contributed by atoms with Crippen molar-refractivity contribution in [1.29, 1.82) is 0 Å². The molecule has 0 unspecified atom stereocenters. The van der Waals surface area contributed by atoms with Crippen molar-refractivity contribution in [3.05, 3.63) is 0 Å². The van der Waals surface area contributed by atoms with Crippen molar-refractivity contribution in [2.75, 3.05) is 39.8 Å². The van der Waals surface area contributed by atoms with Gasteiger partial charge in [-0.05, 0) is 26.9 Å². The normalized spacial score (nSPS) is 11.2. The Bertz CT molecular complexity index is 173. The molecular weight excluding hydrogens is 315 g/mol. The lowest BCUT2D eigenvalue weighted by atomic mass is 10.5. The average Bonchev–Trinajstić information content (AvgIpc) is 2.25. The summed E-state index contributed by atoms with van der Waals surface area (Å²) in [6.45, 7) is 11.3. The highest BCUT2D eigenvalue weighted by atomic mass is 127. The average molecular weight is 342 g/mol. The van der Waals surface area contributed by atoms with E-state index in [-0.39, 0.29) is 24.0 Å². The summed E-state index contributed by atoms with van der Waals surface area (Å²) >= 11 is 0. The quantitative estimate of drug-likeness (QED) is 0.419. The van der Waals surface area contributed by atoms with Gasteiger partial charge in [0.05, 0.1) is 0 Å². The van der Waals surface area contributed by atoms with Crippen LogP contribution in [0, 0.1) is 0 Å². The number of likely N-dealkylation sites (N-methyl/N-ethyl adjacent to an activating group) is 1. The minimum absolute atomic E-state index is 0. The van der Waals surface area contributed by atoms with Gasteiger partial charge in [0, 0.05) is 26.2 Å². The number of hydrogen-bond donors (Lipinski definition) is 2. The monoisotopic (exact) mass is 342 g/mol. The number of hydrogen-bond acceptors (Lipinski definition) is 2. The van der Waals surface area contributed by atoms with Gasteiger partial charge < -0.3 is 15.5 Å². The third-order valence-electron chi connectivity index (χ3n) is 2.16. The summed E-state index contributed by atoms with van der Waals surface area (Å²) in [5.41, 5.74) is 0. The van der Waals surface area contributed by atoms with Gasteiger partial charge in [-0.2, -0.15) is 0 Å². The van der Waals surface area contributed by atoms with Crippen molar-refractivity contribution < 1.29 is 0 Å². The maximum atomic E-state index is 4.43. The number of guanidine groups is 1. The highest BCUT2D eigenvalue weighted by molar-refractivity contribution is 14.0. The molecule has 0 saturated heterocycles. The van der Waals surface area contributed by atoms with Gasteiger partial charge in [0.1, 0.15) is 0 Å². The van der Waals surface area contributed by atoms with Crippen molar-refractivity contribution >= 4 is 29.9 Å². The maximum Gasteiger partial charge on any atom is 0.191 e. The van der Waals surface area contributed by atoms with E-state index in [2.05, 4.69) is 48.3 Å². The van der Waals surface area contributed by atoms with E-state index in [1.807, 2.05) is 0 Å². The van der Waals surface area contributed by atoms with Crippen molar-refractivity contribution in [1.82, 2.24) is 15.5 Å². The summed E-state index contributed by atoms with van der Waals surface area (Å²) in [5, 5.41) is 6.55. The molecule has 0 amide bonds. The molecule has 0 aromatic rings. The third-order valence-corrected chi connectivity index (χ3v) is 2.16. The number of rotatable bonds is 7. The van der Waals surface area contributed by atoms with Gasteiger partial charge in [0.25, 0.3) is 0 Å². The Morgan fingerprint density at radius 2 is 1.88 bits per heavy atom. The van der Waals surface area contributed by atoms with Crippen molar-refractivity contribution in [2.45, 2.75) is 27.2 Å². The van der Waals surface area contributed by atoms with Gasteiger partial charge in [-0.3, -0.25) is 4.99 Å². The van der Waals surface area contributed by atoms with E-state index >= 15 is 0 Å². The van der Waals surface area contributed by atoms with E-state index in [0.717, 1.165) is 45.1 Å². The Hall–Kier alpha value is -0.0400. The van der Waals surface area contributed by atoms with Gasteiger partial charge in [-0.1, -0.05) is 13.8 Å². The smallest absolute Gasteiger partial charge is 0.191 e. The van der Waals surface area contributed by atoms with Crippen LogP contribution >= 0.6 is 24.0 Å². The highest BCUT2D eigenvalue weighted by Gasteiger charge is 1.97. The Balaban J connectivity index is 0. The molecule has 0 rings (SSSR count). The number of aliphatic imine (C=N–C) groups is 1. The molecule has 98 valence electrons. The molecule has 0 saturated carbocycles. The first kappa shape index (κ1) is 18.3. The van der Waals surface area contributed by atoms with E-state index in [1.54, 1.807) is 0 Å². The zero-order chi connectivity index (χ0) is 11.5. The molecular formula is C11H27IN4. The molecule has 2 N–H and O–H groups in total. The molecule has 0 atom stereocenters. The second-order valence-corrected chi connectivity index (χ2v) is 3.58. The summed E-state index contributed by atoms with van der Waals surface area (Å²) in [5.74, 6) is 0.934. The van der Waals surface area contributed by atoms with Crippen LogP contribution in [0.2, 0.25) is 0 Å². The molecule has 4 nitrogen and oxygen atoms in total. The minimum atomic E-state index is 0. The van der Waals surface area contributed by atoms with Crippen molar-refractivity contribution in [3.8, 4) is 0 Å². The molecule has 0 aliphatic carbocycles. The van der Waals surface area contributed by atoms with Gasteiger partial charge in [0.15, 0.2) is 5.96 Å². The van der Waals surface area contributed by atoms with Crippen molar-refractivity contribution in [3.63, 3.8) is 0 Å². The lowest BCUT2D eigenvalue weighted by Gasteiger charge is -2.16. The third kappa shape index (κ3) is 10.5. The van der Waals surface area contributed by atoms with Crippen LogP contribution in [0.15, 0.2) is 4.99 Å². The molecule has 0 spiro atoms. The molecule has 0 aromatic carbocycles. The van der Waals surface area contributed by atoms with Gasteiger partial charge in [-0.15, -0.1) is 24.0 Å². The van der Waals surface area contributed by atoms with E-state index in [1.165, 1.54) is 0 Å². The Morgan fingerprint density at radius 1 is 1.19 bits per heavy atom. The van der Waals surface area contributed by atoms with Gasteiger partial charge >= 0.3 is 0 Å². The highest BCUT2D eigenvalue weighted by Crippen LogP contribution is 1.80. The Kier molecular flexibility index (Phi) is 14.9. The fourth-order valence-electron chi connectivity index (χ4n) is 1.09. The molecule has 0 radical (unpaired) electrons. The topological polar surface area (TPSA) is 39.7 Å². The zero-order valence-electron chi connectivity index (χ0n) is 11.0. The van der Waals surface area contributed by atoms with Crippen LogP contribution in [-0.4, -0.2) is 50.6 Å². The fraction of sp³-hybridized carbons (Fsp3) is 0.909. The molecule has 5 heteroatoms. The molecule has 0 aromatic heterocycles. The molecule has 0 fully saturated rings. The van der Waals surface area contributed by atoms with Crippen LogP contribution in [0.1, 0.15) is 27.2 Å². The largest absolute Gasteiger partial charge is 0.357 e. The van der Waals surface area contributed by atoms with Crippen LogP contribution < -0.4 is 10.6 Å². The molecule has 0 aliphatic rings. The minimum Gasteiger partial charge on any atom is -0.357 e. The van der Waals surface area contributed by atoms with Gasteiger partial charge in [0.2, 0.25) is 0 Å². The van der Waals surface area contributed by atoms with Gasteiger partial charge in [-0.25, -0.2) is 0 Å². The standard InChI is InChI=1S/C11H26N4.HI/c1-5-8-13-11(12-6-2)14-9-10-15(4)7-3;/h5-10H2,1-4H3,(H2,12,13,14);1H. The van der Waals surface area contributed by atoms with E-state index in [9.17, 15) is 0 Å². The summed E-state index contributed by atoms with van der Waals surface area (Å²) in [6.07, 6.45) is 1.09. The summed E-state index contributed by atoms with van der Waals surface area (Å²) in [4.78, 5) is 6.70. The summed E-state index contributed by atoms with van der Waals surface area (Å²) in [7, 11) is 2.12. The maximum absolute atomic E-state index is 4.43. The van der Waals surface area contributed by atoms with E-state index in [4.69, 9.17) is 0 Å². The number of nitrogens with one attached hydrogen (secondary N) is 2.